The first kappa shape index (κ1) is 26.6. The number of aromatic nitrogens is 4. The second-order valence-electron chi connectivity index (χ2n) is 8.28. The van der Waals surface area contributed by atoms with Gasteiger partial charge in [0, 0.05) is 17.8 Å². The summed E-state index contributed by atoms with van der Waals surface area (Å²) in [6.07, 6.45) is 2.77. The second-order valence-corrected chi connectivity index (χ2v) is 9.90. The van der Waals surface area contributed by atoms with Gasteiger partial charge in [-0.3, -0.25) is 4.72 Å². The zero-order valence-electron chi connectivity index (χ0n) is 20.3. The third kappa shape index (κ3) is 4.66. The number of nitrogens with two attached hydrogens (primary N) is 2. The lowest BCUT2D eigenvalue weighted by Crippen LogP contribution is -2.17. The molecule has 5 rings (SSSR count). The molecule has 15 heteroatoms. The number of rotatable bonds is 6. The molecule has 0 radical (unpaired) electrons. The number of ether oxygens (including phenoxy) is 1. The Morgan fingerprint density at radius 1 is 0.875 bits per heavy atom. The van der Waals surface area contributed by atoms with Gasteiger partial charge in [0.2, 0.25) is 5.95 Å². The largest absolute Gasteiger partial charge is 0.494 e. The van der Waals surface area contributed by atoms with Gasteiger partial charge in [-0.1, -0.05) is 6.07 Å². The standard InChI is InChI=1S/C25H17F4N7O3S/c1-39-18-8-11(7-13-21(18)34-24(35-23(13)30)12-9-32-25(31)33-10-12)19-14(26)5-6-17(20(19)29)36-40(37,38)22-15(27)3-2-4-16(22)28/h2-10,36H,1H3,(H2,30,34,35)(H2,31,32,33). The molecule has 0 atom stereocenters. The molecular weight excluding hydrogens is 554 g/mol. The highest BCUT2D eigenvalue weighted by Gasteiger charge is 2.27. The quantitative estimate of drug-likeness (QED) is 0.253. The van der Waals surface area contributed by atoms with E-state index in [0.717, 1.165) is 30.3 Å². The van der Waals surface area contributed by atoms with E-state index in [1.807, 2.05) is 0 Å². The van der Waals surface area contributed by atoms with E-state index in [4.69, 9.17) is 16.2 Å². The third-order valence-corrected chi connectivity index (χ3v) is 7.17. The van der Waals surface area contributed by atoms with Crippen molar-refractivity contribution in [1.29, 1.82) is 0 Å². The number of nitrogens with one attached hydrogen (secondary N) is 1. The lowest BCUT2D eigenvalue weighted by Gasteiger charge is -2.15. The highest BCUT2D eigenvalue weighted by molar-refractivity contribution is 7.92. The number of methoxy groups -OCH3 is 1. The minimum Gasteiger partial charge on any atom is -0.494 e. The number of halogens is 4. The molecular formula is C25H17F4N7O3S. The van der Waals surface area contributed by atoms with Crippen molar-refractivity contribution < 1.29 is 30.7 Å². The number of hydrogen-bond donors (Lipinski definition) is 3. The molecule has 3 aromatic carbocycles. The van der Waals surface area contributed by atoms with Crippen LogP contribution in [0.4, 0.5) is 35.0 Å². The summed E-state index contributed by atoms with van der Waals surface area (Å²) in [5, 5.41) is 0.160. The van der Waals surface area contributed by atoms with Crippen molar-refractivity contribution in [3.8, 4) is 28.3 Å². The molecule has 5 N–H and O–H groups in total. The average molecular weight is 572 g/mol. The predicted octanol–water partition coefficient (Wildman–Crippen LogP) is 4.28. The first-order valence-electron chi connectivity index (χ1n) is 11.2. The molecule has 10 nitrogen and oxygen atoms in total. The Morgan fingerprint density at radius 3 is 2.20 bits per heavy atom. The van der Waals surface area contributed by atoms with Gasteiger partial charge in [0.25, 0.3) is 10.0 Å². The van der Waals surface area contributed by atoms with E-state index in [2.05, 4.69) is 19.9 Å². The van der Waals surface area contributed by atoms with Gasteiger partial charge in [-0.2, -0.15) is 0 Å². The summed E-state index contributed by atoms with van der Waals surface area (Å²) < 4.78 is 91.4. The van der Waals surface area contributed by atoms with Crippen LogP contribution in [0.15, 0.2) is 59.8 Å². The SMILES string of the molecule is COc1cc(-c2c(F)ccc(NS(=O)(=O)c3c(F)cccc3F)c2F)cc2c(N)nc(-c3cnc(N)nc3)nc12. The van der Waals surface area contributed by atoms with Crippen molar-refractivity contribution >= 4 is 38.4 Å². The summed E-state index contributed by atoms with van der Waals surface area (Å²) in [6, 6.07) is 6.53. The van der Waals surface area contributed by atoms with Crippen LogP contribution in [0.1, 0.15) is 0 Å². The maximum absolute atomic E-state index is 15.6. The number of hydrogen-bond acceptors (Lipinski definition) is 9. The van der Waals surface area contributed by atoms with Crippen LogP contribution in [0.5, 0.6) is 5.75 Å². The molecule has 2 heterocycles. The van der Waals surface area contributed by atoms with Gasteiger partial charge in [0.1, 0.15) is 34.5 Å². The molecule has 0 amide bonds. The van der Waals surface area contributed by atoms with E-state index in [9.17, 15) is 21.6 Å². The summed E-state index contributed by atoms with van der Waals surface area (Å²) >= 11 is 0. The topological polar surface area (TPSA) is 159 Å². The monoisotopic (exact) mass is 571 g/mol. The molecule has 0 spiro atoms. The molecule has 2 aromatic heterocycles. The summed E-state index contributed by atoms with van der Waals surface area (Å²) in [6.45, 7) is 0. The highest BCUT2D eigenvalue weighted by atomic mass is 32.2. The van der Waals surface area contributed by atoms with Crippen LogP contribution < -0.4 is 20.9 Å². The summed E-state index contributed by atoms with van der Waals surface area (Å²) in [7, 11) is -3.65. The van der Waals surface area contributed by atoms with Crippen molar-refractivity contribution in [2.24, 2.45) is 0 Å². The van der Waals surface area contributed by atoms with Crippen LogP contribution >= 0.6 is 0 Å². The Hall–Kier alpha value is -5.05. The first-order valence-corrected chi connectivity index (χ1v) is 12.7. The zero-order valence-corrected chi connectivity index (χ0v) is 21.1. The smallest absolute Gasteiger partial charge is 0.267 e. The van der Waals surface area contributed by atoms with E-state index >= 15 is 4.39 Å². The molecule has 0 aliphatic carbocycles. The zero-order chi connectivity index (χ0) is 28.8. The van der Waals surface area contributed by atoms with Crippen molar-refractivity contribution in [2.45, 2.75) is 4.90 Å². The van der Waals surface area contributed by atoms with Gasteiger partial charge in [-0.05, 0) is 42.0 Å². The number of fused-ring (bicyclic) bond motifs is 1. The van der Waals surface area contributed by atoms with Crippen molar-refractivity contribution in [3.63, 3.8) is 0 Å². The number of nitrogen functional groups attached to an aromatic ring is 2. The molecule has 0 aliphatic heterocycles. The van der Waals surface area contributed by atoms with Crippen molar-refractivity contribution in [1.82, 2.24) is 19.9 Å². The number of nitrogens with zero attached hydrogens (tertiary/aromatic N) is 4. The first-order chi connectivity index (χ1) is 19.0. The molecule has 0 fully saturated rings. The Bertz CT molecular complexity index is 1890. The minimum absolute atomic E-state index is 0.0346. The fraction of sp³-hybridized carbons (Fsp3) is 0.0400. The number of sulfonamides is 1. The van der Waals surface area contributed by atoms with E-state index in [1.165, 1.54) is 31.6 Å². The lowest BCUT2D eigenvalue weighted by atomic mass is 10.0. The minimum atomic E-state index is -4.94. The predicted molar refractivity (Wildman–Crippen MR) is 138 cm³/mol. The number of anilines is 3. The van der Waals surface area contributed by atoms with Gasteiger partial charge < -0.3 is 16.2 Å². The fourth-order valence-corrected chi connectivity index (χ4v) is 5.14. The van der Waals surface area contributed by atoms with Crippen molar-refractivity contribution in [3.05, 3.63) is 78.1 Å². The third-order valence-electron chi connectivity index (χ3n) is 5.76. The van der Waals surface area contributed by atoms with Gasteiger partial charge in [-0.15, -0.1) is 0 Å². The molecule has 204 valence electrons. The van der Waals surface area contributed by atoms with Gasteiger partial charge in [0.05, 0.1) is 23.9 Å². The van der Waals surface area contributed by atoms with E-state index in [0.29, 0.717) is 5.56 Å². The Morgan fingerprint density at radius 2 is 1.55 bits per heavy atom. The van der Waals surface area contributed by atoms with E-state index in [-0.39, 0.29) is 39.8 Å². The molecule has 5 aromatic rings. The highest BCUT2D eigenvalue weighted by Crippen LogP contribution is 2.38. The Balaban J connectivity index is 1.63. The summed E-state index contributed by atoms with van der Waals surface area (Å²) in [4.78, 5) is 15.1. The van der Waals surface area contributed by atoms with Crippen molar-refractivity contribution in [2.75, 3.05) is 23.3 Å². The maximum Gasteiger partial charge on any atom is 0.267 e. The van der Waals surface area contributed by atoms with Crippen LogP contribution in [-0.2, 0) is 10.0 Å². The van der Waals surface area contributed by atoms with E-state index < -0.39 is 49.4 Å². The maximum atomic E-state index is 15.6. The van der Waals surface area contributed by atoms with Gasteiger partial charge in [0.15, 0.2) is 16.5 Å². The Labute approximate surface area is 223 Å². The normalized spacial score (nSPS) is 11.5. The average Bonchev–Trinajstić information content (AvgIpc) is 2.90. The summed E-state index contributed by atoms with van der Waals surface area (Å²) in [5.74, 6) is -5.09. The Kier molecular flexibility index (Phi) is 6.59. The van der Waals surface area contributed by atoms with Crippen LogP contribution in [-0.4, -0.2) is 35.5 Å². The molecule has 40 heavy (non-hydrogen) atoms. The van der Waals surface area contributed by atoms with Crippen LogP contribution in [0.25, 0.3) is 33.4 Å². The molecule has 0 aliphatic rings. The molecule has 0 unspecified atom stereocenters. The number of benzene rings is 3. The molecule has 0 saturated carbocycles. The molecule has 0 saturated heterocycles. The van der Waals surface area contributed by atoms with Crippen LogP contribution in [0.3, 0.4) is 0 Å². The van der Waals surface area contributed by atoms with Gasteiger partial charge in [-0.25, -0.2) is 45.9 Å². The van der Waals surface area contributed by atoms with Crippen LogP contribution in [0.2, 0.25) is 0 Å². The molecule has 0 bridgehead atoms. The summed E-state index contributed by atoms with van der Waals surface area (Å²) in [5.41, 5.74) is 10.7. The second kappa shape index (κ2) is 9.92. The fourth-order valence-electron chi connectivity index (χ4n) is 3.94. The van der Waals surface area contributed by atoms with Crippen LogP contribution in [0, 0.1) is 23.3 Å². The lowest BCUT2D eigenvalue weighted by molar-refractivity contribution is 0.419. The van der Waals surface area contributed by atoms with Gasteiger partial charge >= 0.3 is 0 Å². The van der Waals surface area contributed by atoms with E-state index in [1.54, 1.807) is 4.72 Å².